The predicted octanol–water partition coefficient (Wildman–Crippen LogP) is 5.49. The minimum absolute atomic E-state index is 0.597. The molecule has 0 radical (unpaired) electrons. The summed E-state index contributed by atoms with van der Waals surface area (Å²) in [5, 5.41) is 0. The summed E-state index contributed by atoms with van der Waals surface area (Å²) in [6.07, 6.45) is 6.98. The van der Waals surface area contributed by atoms with Gasteiger partial charge in [0.25, 0.3) is 0 Å². The monoisotopic (exact) mass is 331 g/mol. The first kappa shape index (κ1) is 17.4. The van der Waals surface area contributed by atoms with E-state index in [1.807, 2.05) is 11.8 Å². The molecular weight excluding hydrogens is 298 g/mol. The molecule has 2 fully saturated rings. The van der Waals surface area contributed by atoms with Gasteiger partial charge in [-0.15, -0.1) is 11.8 Å². The topological polar surface area (TPSA) is 3.24 Å². The summed E-state index contributed by atoms with van der Waals surface area (Å²) in [7, 11) is 0. The van der Waals surface area contributed by atoms with Gasteiger partial charge in [-0.1, -0.05) is 32.9 Å². The maximum Gasteiger partial charge on any atom is 0.00745 e. The van der Waals surface area contributed by atoms with Crippen LogP contribution in [-0.2, 0) is 6.42 Å². The molecule has 3 rings (SSSR count). The summed E-state index contributed by atoms with van der Waals surface area (Å²) in [6.45, 7) is 11.0. The molecule has 2 heteroatoms. The molecule has 128 valence electrons. The lowest BCUT2D eigenvalue weighted by Gasteiger charge is -2.36. The second kappa shape index (κ2) is 7.61. The van der Waals surface area contributed by atoms with Gasteiger partial charge in [0, 0.05) is 11.4 Å². The molecule has 2 aliphatic rings. The fourth-order valence-electron chi connectivity index (χ4n) is 4.16. The van der Waals surface area contributed by atoms with E-state index >= 15 is 0 Å². The molecule has 1 heterocycles. The van der Waals surface area contributed by atoms with Crippen molar-refractivity contribution in [3.63, 3.8) is 0 Å². The van der Waals surface area contributed by atoms with Crippen LogP contribution in [0.15, 0.2) is 29.2 Å². The first-order chi connectivity index (χ1) is 11.1. The van der Waals surface area contributed by atoms with Gasteiger partial charge in [0.15, 0.2) is 0 Å². The number of likely N-dealkylation sites (tertiary alicyclic amines) is 1. The second-order valence-electron chi connectivity index (χ2n) is 8.11. The van der Waals surface area contributed by atoms with E-state index in [4.69, 9.17) is 0 Å². The van der Waals surface area contributed by atoms with Gasteiger partial charge < -0.3 is 4.90 Å². The van der Waals surface area contributed by atoms with Crippen molar-refractivity contribution in [2.45, 2.75) is 57.8 Å². The van der Waals surface area contributed by atoms with Crippen LogP contribution in [0.3, 0.4) is 0 Å². The Kier molecular flexibility index (Phi) is 5.74. The molecule has 1 aliphatic carbocycles. The molecule has 0 amide bonds. The van der Waals surface area contributed by atoms with Gasteiger partial charge in [0.05, 0.1) is 0 Å². The molecule has 23 heavy (non-hydrogen) atoms. The molecular formula is C21H33NS. The van der Waals surface area contributed by atoms with Gasteiger partial charge in [-0.3, -0.25) is 0 Å². The lowest BCUT2D eigenvalue weighted by Crippen LogP contribution is -2.39. The number of rotatable bonds is 7. The van der Waals surface area contributed by atoms with E-state index in [1.165, 1.54) is 62.4 Å². The van der Waals surface area contributed by atoms with Crippen molar-refractivity contribution in [2.24, 2.45) is 17.3 Å². The van der Waals surface area contributed by atoms with Crippen LogP contribution in [-0.4, -0.2) is 30.3 Å². The van der Waals surface area contributed by atoms with Crippen molar-refractivity contribution in [1.29, 1.82) is 0 Å². The zero-order valence-electron chi connectivity index (χ0n) is 15.2. The van der Waals surface area contributed by atoms with Crippen molar-refractivity contribution >= 4 is 11.8 Å². The van der Waals surface area contributed by atoms with Gasteiger partial charge in [-0.25, -0.2) is 0 Å². The Morgan fingerprint density at radius 3 is 2.57 bits per heavy atom. The van der Waals surface area contributed by atoms with Crippen LogP contribution in [0.4, 0.5) is 0 Å². The maximum absolute atomic E-state index is 2.76. The number of thioether (sulfide) groups is 1. The third-order valence-electron chi connectivity index (χ3n) is 5.88. The third kappa shape index (κ3) is 4.76. The fourth-order valence-corrected chi connectivity index (χ4v) is 4.91. The minimum atomic E-state index is 0.597. The summed E-state index contributed by atoms with van der Waals surface area (Å²) < 4.78 is 0. The molecule has 1 nitrogen and oxygen atoms in total. The lowest BCUT2D eigenvalue weighted by molar-refractivity contribution is 0.133. The van der Waals surface area contributed by atoms with Gasteiger partial charge in [-0.05, 0) is 85.9 Å². The highest BCUT2D eigenvalue weighted by molar-refractivity contribution is 7.99. The highest BCUT2D eigenvalue weighted by Gasteiger charge is 2.44. The Morgan fingerprint density at radius 2 is 1.96 bits per heavy atom. The molecule has 0 N–H and O–H groups in total. The summed E-state index contributed by atoms with van der Waals surface area (Å²) >= 11 is 1.96. The SMILES string of the molecule is CCSc1cccc(CC2(CN3CCC(C(C)C)CC3)CC2)c1. The quantitative estimate of drug-likeness (QED) is 0.608. The highest BCUT2D eigenvalue weighted by Crippen LogP contribution is 2.49. The minimum Gasteiger partial charge on any atom is -0.303 e. The zero-order chi connectivity index (χ0) is 16.3. The normalized spacial score (nSPS) is 21.7. The number of piperidine rings is 1. The molecule has 0 unspecified atom stereocenters. The second-order valence-corrected chi connectivity index (χ2v) is 9.45. The van der Waals surface area contributed by atoms with Crippen LogP contribution < -0.4 is 0 Å². The number of hydrogen-bond acceptors (Lipinski definition) is 2. The van der Waals surface area contributed by atoms with Crippen LogP contribution in [0.1, 0.15) is 52.0 Å². The van der Waals surface area contributed by atoms with Crippen LogP contribution in [0.2, 0.25) is 0 Å². The van der Waals surface area contributed by atoms with Crippen molar-refractivity contribution < 1.29 is 0 Å². The average molecular weight is 332 g/mol. The molecule has 0 bridgehead atoms. The Hall–Kier alpha value is -0.470. The summed E-state index contributed by atoms with van der Waals surface area (Å²) in [5.74, 6) is 2.99. The summed E-state index contributed by atoms with van der Waals surface area (Å²) in [6, 6.07) is 9.27. The molecule has 0 aromatic heterocycles. The van der Waals surface area contributed by atoms with Crippen LogP contribution in [0.25, 0.3) is 0 Å². The number of nitrogens with zero attached hydrogens (tertiary/aromatic N) is 1. The maximum atomic E-state index is 2.76. The van der Waals surface area contributed by atoms with E-state index in [0.29, 0.717) is 5.41 Å². The summed E-state index contributed by atoms with van der Waals surface area (Å²) in [4.78, 5) is 4.20. The Morgan fingerprint density at radius 1 is 1.22 bits per heavy atom. The van der Waals surface area contributed by atoms with E-state index in [0.717, 1.165) is 11.8 Å². The van der Waals surface area contributed by atoms with Gasteiger partial charge in [0.1, 0.15) is 0 Å². The smallest absolute Gasteiger partial charge is 0.00745 e. The van der Waals surface area contributed by atoms with Crippen LogP contribution in [0.5, 0.6) is 0 Å². The third-order valence-corrected chi connectivity index (χ3v) is 6.76. The molecule has 1 aliphatic heterocycles. The van der Waals surface area contributed by atoms with E-state index in [9.17, 15) is 0 Å². The van der Waals surface area contributed by atoms with Crippen LogP contribution in [0, 0.1) is 17.3 Å². The lowest BCUT2D eigenvalue weighted by atomic mass is 9.86. The zero-order valence-corrected chi connectivity index (χ0v) is 16.0. The van der Waals surface area contributed by atoms with E-state index in [2.05, 4.69) is 49.9 Å². The predicted molar refractivity (Wildman–Crippen MR) is 102 cm³/mol. The standard InChI is InChI=1S/C21H33NS/c1-4-23-20-7-5-6-18(14-20)15-21(10-11-21)16-22-12-8-19(9-13-22)17(2)3/h5-7,14,17,19H,4,8-13,15-16H2,1-3H3. The van der Waals surface area contributed by atoms with E-state index in [1.54, 1.807) is 5.56 Å². The largest absolute Gasteiger partial charge is 0.303 e. The fraction of sp³-hybridized carbons (Fsp3) is 0.714. The molecule has 0 spiro atoms. The Labute approximate surface area is 147 Å². The van der Waals surface area contributed by atoms with Crippen molar-refractivity contribution in [3.05, 3.63) is 29.8 Å². The van der Waals surface area contributed by atoms with Crippen molar-refractivity contribution in [3.8, 4) is 0 Å². The highest BCUT2D eigenvalue weighted by atomic mass is 32.2. The number of hydrogen-bond donors (Lipinski definition) is 0. The summed E-state index contributed by atoms with van der Waals surface area (Å²) in [5.41, 5.74) is 2.15. The molecule has 1 saturated carbocycles. The molecule has 1 saturated heterocycles. The Balaban J connectivity index is 1.53. The molecule has 1 aromatic carbocycles. The Bertz CT molecular complexity index is 498. The first-order valence-corrected chi connectivity index (χ1v) is 10.5. The van der Waals surface area contributed by atoms with Gasteiger partial charge in [0.2, 0.25) is 0 Å². The molecule has 1 aromatic rings. The van der Waals surface area contributed by atoms with Gasteiger partial charge in [-0.2, -0.15) is 0 Å². The number of benzene rings is 1. The van der Waals surface area contributed by atoms with Gasteiger partial charge >= 0.3 is 0 Å². The van der Waals surface area contributed by atoms with E-state index in [-0.39, 0.29) is 0 Å². The average Bonchev–Trinajstić information content (AvgIpc) is 3.27. The van der Waals surface area contributed by atoms with E-state index < -0.39 is 0 Å². The molecule has 0 atom stereocenters. The van der Waals surface area contributed by atoms with Crippen molar-refractivity contribution in [1.82, 2.24) is 4.90 Å². The van der Waals surface area contributed by atoms with Crippen LogP contribution >= 0.6 is 11.8 Å². The first-order valence-electron chi connectivity index (χ1n) is 9.54. The van der Waals surface area contributed by atoms with Crippen molar-refractivity contribution in [2.75, 3.05) is 25.4 Å².